The largest absolute Gasteiger partial charge is 0.491 e. The van der Waals surface area contributed by atoms with Gasteiger partial charge in [0.05, 0.1) is 12.3 Å². The highest BCUT2D eigenvalue weighted by Gasteiger charge is 2.07. The summed E-state index contributed by atoms with van der Waals surface area (Å²) in [5.74, 6) is 1.74. The van der Waals surface area contributed by atoms with Crippen LogP contribution in [-0.4, -0.2) is 12.5 Å². The lowest BCUT2D eigenvalue weighted by Crippen LogP contribution is -2.09. The number of nitrogens with one attached hydrogen (secondary N) is 1. The van der Waals surface area contributed by atoms with Crippen LogP contribution in [0, 0.1) is 6.92 Å². The minimum atomic E-state index is -0.280. The van der Waals surface area contributed by atoms with Crippen LogP contribution in [0.1, 0.15) is 24.9 Å². The number of rotatable bonds is 6. The number of halogens is 1. The summed E-state index contributed by atoms with van der Waals surface area (Å²) in [6.07, 6.45) is 3.90. The summed E-state index contributed by atoms with van der Waals surface area (Å²) in [5, 5.41) is 3.29. The number of benzene rings is 1. The molecule has 0 bridgehead atoms. The molecule has 0 fully saturated rings. The molecule has 0 unspecified atom stereocenters. The molecule has 22 heavy (non-hydrogen) atoms. The van der Waals surface area contributed by atoms with Crippen LogP contribution >= 0.6 is 11.6 Å². The number of hydrogen-bond acceptors (Lipinski definition) is 3. The van der Waals surface area contributed by atoms with E-state index < -0.39 is 0 Å². The zero-order valence-electron chi connectivity index (χ0n) is 12.6. The third-order valence-electron chi connectivity index (χ3n) is 2.82. The molecule has 4 nitrogen and oxygen atoms in total. The Morgan fingerprint density at radius 2 is 2.18 bits per heavy atom. The van der Waals surface area contributed by atoms with Crippen LogP contribution in [0.2, 0.25) is 5.02 Å². The molecule has 0 atom stereocenters. The van der Waals surface area contributed by atoms with Crippen molar-refractivity contribution in [3.8, 4) is 5.75 Å². The molecule has 1 aromatic heterocycles. The third-order valence-corrected chi connectivity index (χ3v) is 3.06. The summed E-state index contributed by atoms with van der Waals surface area (Å²) in [5.41, 5.74) is 0.547. The highest BCUT2D eigenvalue weighted by atomic mass is 35.5. The van der Waals surface area contributed by atoms with Gasteiger partial charge in [0.1, 0.15) is 17.3 Å². The van der Waals surface area contributed by atoms with Crippen molar-refractivity contribution in [3.63, 3.8) is 0 Å². The number of hydrogen-bond donors (Lipinski definition) is 1. The predicted molar refractivity (Wildman–Crippen MR) is 88.3 cm³/mol. The van der Waals surface area contributed by atoms with Crippen LogP contribution in [0.5, 0.6) is 5.75 Å². The highest BCUT2D eigenvalue weighted by molar-refractivity contribution is 6.31. The topological polar surface area (TPSA) is 51.5 Å². The Balaban J connectivity index is 2.07. The van der Waals surface area contributed by atoms with E-state index in [0.717, 1.165) is 12.2 Å². The first-order valence-electron chi connectivity index (χ1n) is 7.06. The lowest BCUT2D eigenvalue weighted by Gasteiger charge is -2.11. The van der Waals surface area contributed by atoms with Crippen molar-refractivity contribution in [3.05, 3.63) is 53.0 Å². The van der Waals surface area contributed by atoms with E-state index in [1.807, 2.05) is 19.9 Å². The molecule has 1 aromatic carbocycles. The maximum absolute atomic E-state index is 12.0. The Labute approximate surface area is 134 Å². The molecule has 116 valence electrons. The number of anilines is 1. The third kappa shape index (κ3) is 4.67. The Hall–Kier alpha value is -2.20. The van der Waals surface area contributed by atoms with Crippen LogP contribution in [0.25, 0.3) is 6.08 Å². The van der Waals surface area contributed by atoms with Gasteiger partial charge in [0.25, 0.3) is 0 Å². The smallest absolute Gasteiger partial charge is 0.248 e. The zero-order valence-corrected chi connectivity index (χ0v) is 13.3. The van der Waals surface area contributed by atoms with Gasteiger partial charge in [0.15, 0.2) is 0 Å². The lowest BCUT2D eigenvalue weighted by atomic mass is 10.2. The Morgan fingerprint density at radius 3 is 2.86 bits per heavy atom. The molecule has 0 spiro atoms. The molecule has 5 heteroatoms. The van der Waals surface area contributed by atoms with Crippen LogP contribution < -0.4 is 10.1 Å². The molecule has 1 amide bonds. The van der Waals surface area contributed by atoms with Gasteiger partial charge in [-0.2, -0.15) is 0 Å². The summed E-state index contributed by atoms with van der Waals surface area (Å²) in [4.78, 5) is 12.0. The van der Waals surface area contributed by atoms with Crippen molar-refractivity contribution >= 4 is 29.3 Å². The van der Waals surface area contributed by atoms with Gasteiger partial charge < -0.3 is 14.5 Å². The molecule has 1 heterocycles. The number of carbonyl (C=O) groups excluding carboxylic acids is 1. The second-order valence-corrected chi connectivity index (χ2v) is 5.20. The molecule has 1 N–H and O–H groups in total. The fourth-order valence-electron chi connectivity index (χ4n) is 1.81. The van der Waals surface area contributed by atoms with Crippen molar-refractivity contribution in [2.45, 2.75) is 20.3 Å². The van der Waals surface area contributed by atoms with E-state index in [4.69, 9.17) is 20.8 Å². The van der Waals surface area contributed by atoms with Crippen LogP contribution in [-0.2, 0) is 4.79 Å². The van der Waals surface area contributed by atoms with Gasteiger partial charge in [0.2, 0.25) is 5.91 Å². The predicted octanol–water partition coefficient (Wildman–Crippen LogP) is 4.68. The molecule has 0 aliphatic heterocycles. The van der Waals surface area contributed by atoms with E-state index in [1.165, 1.54) is 6.08 Å². The molecule has 0 aliphatic carbocycles. The second-order valence-electron chi connectivity index (χ2n) is 4.76. The maximum Gasteiger partial charge on any atom is 0.248 e. The average Bonchev–Trinajstić information content (AvgIpc) is 2.90. The van der Waals surface area contributed by atoms with Gasteiger partial charge in [0, 0.05) is 11.1 Å². The number of aryl methyl sites for hydroxylation is 1. The summed E-state index contributed by atoms with van der Waals surface area (Å²) in [6, 6.07) is 8.77. The van der Waals surface area contributed by atoms with E-state index in [0.29, 0.717) is 28.8 Å². The number of ether oxygens (including phenoxy) is 1. The quantitative estimate of drug-likeness (QED) is 0.786. The normalized spacial score (nSPS) is 10.9. The van der Waals surface area contributed by atoms with Crippen molar-refractivity contribution in [1.82, 2.24) is 0 Å². The van der Waals surface area contributed by atoms with E-state index in [9.17, 15) is 4.79 Å². The van der Waals surface area contributed by atoms with E-state index in [2.05, 4.69) is 5.32 Å². The fourth-order valence-corrected chi connectivity index (χ4v) is 1.99. The maximum atomic E-state index is 12.0. The summed E-state index contributed by atoms with van der Waals surface area (Å²) in [7, 11) is 0. The molecular weight excluding hydrogens is 302 g/mol. The van der Waals surface area contributed by atoms with Crippen LogP contribution in [0.4, 0.5) is 5.69 Å². The molecule has 0 saturated heterocycles. The van der Waals surface area contributed by atoms with Crippen molar-refractivity contribution in [2.24, 2.45) is 0 Å². The van der Waals surface area contributed by atoms with Crippen LogP contribution in [0.15, 0.2) is 40.8 Å². The molecule has 0 saturated carbocycles. The summed E-state index contributed by atoms with van der Waals surface area (Å²) >= 11 is 5.97. The van der Waals surface area contributed by atoms with Gasteiger partial charge in [-0.3, -0.25) is 4.79 Å². The van der Waals surface area contributed by atoms with Gasteiger partial charge in [-0.05, 0) is 49.8 Å². The van der Waals surface area contributed by atoms with Gasteiger partial charge >= 0.3 is 0 Å². The Morgan fingerprint density at radius 1 is 1.36 bits per heavy atom. The SMILES string of the molecule is CCCOc1ccc(Cl)cc1NC(=O)/C=C/c1ccc(C)o1. The first-order valence-corrected chi connectivity index (χ1v) is 7.44. The lowest BCUT2D eigenvalue weighted by molar-refractivity contribution is -0.111. The van der Waals surface area contributed by atoms with Crippen molar-refractivity contribution in [1.29, 1.82) is 0 Å². The van der Waals surface area contributed by atoms with Gasteiger partial charge in [-0.1, -0.05) is 18.5 Å². The Bertz CT molecular complexity index is 676. The monoisotopic (exact) mass is 319 g/mol. The summed E-state index contributed by atoms with van der Waals surface area (Å²) in [6.45, 7) is 4.44. The first-order chi connectivity index (χ1) is 10.6. The molecule has 2 rings (SSSR count). The number of carbonyl (C=O) groups is 1. The minimum absolute atomic E-state index is 0.280. The number of furan rings is 1. The van der Waals surface area contributed by atoms with E-state index in [-0.39, 0.29) is 5.91 Å². The van der Waals surface area contributed by atoms with Gasteiger partial charge in [-0.15, -0.1) is 0 Å². The molecular formula is C17H18ClNO3. The zero-order chi connectivity index (χ0) is 15.9. The van der Waals surface area contributed by atoms with Crippen molar-refractivity contribution < 1.29 is 13.9 Å². The Kier molecular flexibility index (Phi) is 5.67. The van der Waals surface area contributed by atoms with Crippen LogP contribution in [0.3, 0.4) is 0 Å². The summed E-state index contributed by atoms with van der Waals surface area (Å²) < 4.78 is 11.0. The van der Waals surface area contributed by atoms with E-state index in [1.54, 1.807) is 30.3 Å². The average molecular weight is 320 g/mol. The first kappa shape index (κ1) is 16.2. The molecule has 2 aromatic rings. The van der Waals surface area contributed by atoms with E-state index >= 15 is 0 Å². The molecule has 0 aliphatic rings. The second kappa shape index (κ2) is 7.71. The van der Waals surface area contributed by atoms with Crippen molar-refractivity contribution in [2.75, 3.05) is 11.9 Å². The fraction of sp³-hybridized carbons (Fsp3) is 0.235. The highest BCUT2D eigenvalue weighted by Crippen LogP contribution is 2.28. The van der Waals surface area contributed by atoms with Gasteiger partial charge in [-0.25, -0.2) is 0 Å². The minimum Gasteiger partial charge on any atom is -0.491 e. The standard InChI is InChI=1S/C17H18ClNO3/c1-3-10-21-16-8-5-13(18)11-15(16)19-17(20)9-7-14-6-4-12(2)22-14/h4-9,11H,3,10H2,1-2H3,(H,19,20)/b9-7+. The molecule has 0 radical (unpaired) electrons. The number of amides is 1.